The molecule has 21 heavy (non-hydrogen) atoms. The summed E-state index contributed by atoms with van der Waals surface area (Å²) in [5, 5.41) is 3.73. The Morgan fingerprint density at radius 1 is 1.10 bits per heavy atom. The molecule has 2 atom stereocenters. The monoisotopic (exact) mass is 283 g/mol. The molecular formula is C18H25N3. The second-order valence-electron chi connectivity index (χ2n) is 6.63. The molecule has 0 aliphatic heterocycles. The largest absolute Gasteiger partial charge is 0.310 e. The molecule has 1 heterocycles. The van der Waals surface area contributed by atoms with Gasteiger partial charge in [0.05, 0.1) is 6.33 Å². The molecule has 1 aliphatic rings. The number of imidazole rings is 1. The molecule has 1 saturated carbocycles. The molecule has 1 aromatic carbocycles. The minimum Gasteiger partial charge on any atom is -0.310 e. The van der Waals surface area contributed by atoms with E-state index in [4.69, 9.17) is 0 Å². The van der Waals surface area contributed by atoms with Gasteiger partial charge in [-0.05, 0) is 48.8 Å². The predicted molar refractivity (Wildman–Crippen MR) is 86.4 cm³/mol. The first kappa shape index (κ1) is 14.3. The number of rotatable bonds is 4. The van der Waals surface area contributed by atoms with Crippen molar-refractivity contribution < 1.29 is 0 Å². The molecule has 0 spiro atoms. The van der Waals surface area contributed by atoms with E-state index < -0.39 is 0 Å². The Morgan fingerprint density at radius 2 is 1.81 bits per heavy atom. The van der Waals surface area contributed by atoms with Crippen molar-refractivity contribution in [2.75, 3.05) is 0 Å². The second kappa shape index (κ2) is 6.44. The first-order chi connectivity index (χ1) is 10.2. The third-order valence-electron chi connectivity index (χ3n) is 4.51. The van der Waals surface area contributed by atoms with Gasteiger partial charge >= 0.3 is 0 Å². The standard InChI is InChI=1S/C18H25N3/c1-14-9-15(2)11-17(10-14)20-12-16-3-5-18(6-4-16)21-8-7-19-13-21/h3-8,13-15,17,20H,9-12H2,1-2H3. The SMILES string of the molecule is CC1CC(C)CC(NCc2ccc(-n3ccnc3)cc2)C1. The van der Waals surface area contributed by atoms with E-state index in [0.29, 0.717) is 6.04 Å². The Labute approximate surface area is 127 Å². The van der Waals surface area contributed by atoms with Crippen LogP contribution < -0.4 is 5.32 Å². The third kappa shape index (κ3) is 3.73. The van der Waals surface area contributed by atoms with Crippen molar-refractivity contribution in [3.8, 4) is 5.69 Å². The van der Waals surface area contributed by atoms with Gasteiger partial charge in [0.2, 0.25) is 0 Å². The Bertz CT molecular complexity index is 534. The lowest BCUT2D eigenvalue weighted by molar-refractivity contribution is 0.238. The number of benzene rings is 1. The lowest BCUT2D eigenvalue weighted by Gasteiger charge is -2.32. The van der Waals surface area contributed by atoms with Crippen LogP contribution in [0.25, 0.3) is 5.69 Å². The van der Waals surface area contributed by atoms with E-state index in [1.165, 1.54) is 24.8 Å². The van der Waals surface area contributed by atoms with Crippen LogP contribution in [0.3, 0.4) is 0 Å². The Balaban J connectivity index is 1.56. The zero-order chi connectivity index (χ0) is 14.7. The minimum absolute atomic E-state index is 0.678. The van der Waals surface area contributed by atoms with Gasteiger partial charge < -0.3 is 9.88 Å². The summed E-state index contributed by atoms with van der Waals surface area (Å²) >= 11 is 0. The van der Waals surface area contributed by atoms with Crippen LogP contribution in [0.5, 0.6) is 0 Å². The molecule has 2 unspecified atom stereocenters. The van der Waals surface area contributed by atoms with Gasteiger partial charge in [-0.25, -0.2) is 4.98 Å². The van der Waals surface area contributed by atoms with Gasteiger partial charge in [-0.1, -0.05) is 26.0 Å². The Hall–Kier alpha value is -1.61. The summed E-state index contributed by atoms with van der Waals surface area (Å²) in [6, 6.07) is 9.41. The average Bonchev–Trinajstić information content (AvgIpc) is 2.99. The lowest BCUT2D eigenvalue weighted by atomic mass is 9.80. The highest BCUT2D eigenvalue weighted by Gasteiger charge is 2.23. The fourth-order valence-electron chi connectivity index (χ4n) is 3.57. The summed E-state index contributed by atoms with van der Waals surface area (Å²) in [5.74, 6) is 1.71. The zero-order valence-electron chi connectivity index (χ0n) is 13.0. The molecule has 1 aromatic heterocycles. The molecule has 1 N–H and O–H groups in total. The van der Waals surface area contributed by atoms with Crippen LogP contribution in [0.1, 0.15) is 38.7 Å². The van der Waals surface area contributed by atoms with Gasteiger partial charge in [0, 0.05) is 30.7 Å². The first-order valence-electron chi connectivity index (χ1n) is 8.01. The third-order valence-corrected chi connectivity index (χ3v) is 4.51. The molecular weight excluding hydrogens is 258 g/mol. The summed E-state index contributed by atoms with van der Waals surface area (Å²) in [6.45, 7) is 5.73. The van der Waals surface area contributed by atoms with Crippen molar-refractivity contribution in [1.82, 2.24) is 14.9 Å². The van der Waals surface area contributed by atoms with Gasteiger partial charge in [-0.3, -0.25) is 0 Å². The van der Waals surface area contributed by atoms with Crippen LogP contribution in [0.15, 0.2) is 43.0 Å². The van der Waals surface area contributed by atoms with E-state index in [2.05, 4.69) is 48.4 Å². The normalized spacial score (nSPS) is 25.9. The van der Waals surface area contributed by atoms with Crippen molar-refractivity contribution in [2.45, 2.75) is 45.7 Å². The second-order valence-corrected chi connectivity index (χ2v) is 6.63. The van der Waals surface area contributed by atoms with Gasteiger partial charge in [-0.15, -0.1) is 0 Å². The molecule has 3 rings (SSSR count). The van der Waals surface area contributed by atoms with Crippen molar-refractivity contribution in [1.29, 1.82) is 0 Å². The first-order valence-corrected chi connectivity index (χ1v) is 8.01. The molecule has 3 nitrogen and oxygen atoms in total. The average molecular weight is 283 g/mol. The highest BCUT2D eigenvalue weighted by atomic mass is 15.0. The summed E-state index contributed by atoms with van der Waals surface area (Å²) in [4.78, 5) is 4.08. The maximum atomic E-state index is 4.08. The van der Waals surface area contributed by atoms with Crippen LogP contribution in [0, 0.1) is 11.8 Å². The van der Waals surface area contributed by atoms with Crippen LogP contribution >= 0.6 is 0 Å². The number of nitrogens with one attached hydrogen (secondary N) is 1. The van der Waals surface area contributed by atoms with E-state index in [1.807, 2.05) is 17.1 Å². The predicted octanol–water partition coefficient (Wildman–Crippen LogP) is 3.79. The van der Waals surface area contributed by atoms with Crippen LogP contribution in [0.2, 0.25) is 0 Å². The highest BCUT2D eigenvalue weighted by molar-refractivity contribution is 5.34. The summed E-state index contributed by atoms with van der Waals surface area (Å²) in [5.41, 5.74) is 2.51. The number of aromatic nitrogens is 2. The molecule has 0 bridgehead atoms. The van der Waals surface area contributed by atoms with Crippen LogP contribution in [-0.4, -0.2) is 15.6 Å². The van der Waals surface area contributed by atoms with Crippen molar-refractivity contribution >= 4 is 0 Å². The molecule has 0 saturated heterocycles. The fourth-order valence-corrected chi connectivity index (χ4v) is 3.57. The summed E-state index contributed by atoms with van der Waals surface area (Å²) in [7, 11) is 0. The molecule has 0 amide bonds. The number of nitrogens with zero attached hydrogens (tertiary/aromatic N) is 2. The molecule has 112 valence electrons. The van der Waals surface area contributed by atoms with Gasteiger partial charge in [-0.2, -0.15) is 0 Å². The molecule has 2 aromatic rings. The summed E-state index contributed by atoms with van der Waals surface area (Å²) < 4.78 is 2.03. The Kier molecular flexibility index (Phi) is 4.39. The van der Waals surface area contributed by atoms with Crippen molar-refractivity contribution in [3.63, 3.8) is 0 Å². The van der Waals surface area contributed by atoms with E-state index in [-0.39, 0.29) is 0 Å². The topological polar surface area (TPSA) is 29.9 Å². The number of hydrogen-bond acceptors (Lipinski definition) is 2. The summed E-state index contributed by atoms with van der Waals surface area (Å²) in [6.07, 6.45) is 9.63. The zero-order valence-corrected chi connectivity index (χ0v) is 13.0. The van der Waals surface area contributed by atoms with E-state index in [9.17, 15) is 0 Å². The molecule has 3 heteroatoms. The highest BCUT2D eigenvalue weighted by Crippen LogP contribution is 2.28. The Morgan fingerprint density at radius 3 is 2.43 bits per heavy atom. The van der Waals surface area contributed by atoms with E-state index >= 15 is 0 Å². The lowest BCUT2D eigenvalue weighted by Crippen LogP contribution is -2.35. The van der Waals surface area contributed by atoms with Gasteiger partial charge in [0.1, 0.15) is 0 Å². The van der Waals surface area contributed by atoms with Crippen LogP contribution in [0.4, 0.5) is 0 Å². The van der Waals surface area contributed by atoms with Gasteiger partial charge in [0.25, 0.3) is 0 Å². The van der Waals surface area contributed by atoms with E-state index in [0.717, 1.165) is 24.1 Å². The smallest absolute Gasteiger partial charge is 0.0991 e. The number of hydrogen-bond donors (Lipinski definition) is 1. The molecule has 1 fully saturated rings. The van der Waals surface area contributed by atoms with Crippen molar-refractivity contribution in [3.05, 3.63) is 48.5 Å². The maximum absolute atomic E-state index is 4.08. The fraction of sp³-hybridized carbons (Fsp3) is 0.500. The maximum Gasteiger partial charge on any atom is 0.0991 e. The quantitative estimate of drug-likeness (QED) is 0.925. The molecule has 0 radical (unpaired) electrons. The van der Waals surface area contributed by atoms with Gasteiger partial charge in [0.15, 0.2) is 0 Å². The molecule has 1 aliphatic carbocycles. The van der Waals surface area contributed by atoms with E-state index in [1.54, 1.807) is 6.20 Å². The van der Waals surface area contributed by atoms with Crippen molar-refractivity contribution in [2.24, 2.45) is 11.8 Å². The minimum atomic E-state index is 0.678. The van der Waals surface area contributed by atoms with Crippen LogP contribution in [-0.2, 0) is 6.54 Å².